The highest BCUT2D eigenvalue weighted by Gasteiger charge is 2.16. The van der Waals surface area contributed by atoms with Gasteiger partial charge in [0.1, 0.15) is 5.60 Å². The largest absolute Gasteiger partial charge is 0.460 e. The van der Waals surface area contributed by atoms with E-state index in [1.807, 2.05) is 20.8 Å². The molecule has 0 N–H and O–H groups in total. The van der Waals surface area contributed by atoms with Crippen LogP contribution < -0.4 is 0 Å². The lowest BCUT2D eigenvalue weighted by atomic mass is 10.2. The Hall–Kier alpha value is -0.420. The summed E-state index contributed by atoms with van der Waals surface area (Å²) in [5, 5.41) is 0. The van der Waals surface area contributed by atoms with E-state index in [0.717, 1.165) is 8.79 Å². The topological polar surface area (TPSA) is 39.2 Å². The molecule has 1 rings (SSSR count). The van der Waals surface area contributed by atoms with E-state index in [0.29, 0.717) is 12.8 Å². The first kappa shape index (κ1) is 12.6. The maximum absolute atomic E-state index is 11.4. The lowest BCUT2D eigenvalue weighted by Crippen LogP contribution is -2.23. The Morgan fingerprint density at radius 2 is 2.27 bits per heavy atom. The van der Waals surface area contributed by atoms with E-state index < -0.39 is 5.60 Å². The third-order valence-corrected chi connectivity index (χ3v) is 3.06. The fraction of sp³-hybridized carbons (Fsp3) is 0.600. The molecule has 1 aromatic heterocycles. The Labute approximate surface area is 102 Å². The minimum absolute atomic E-state index is 0.160. The van der Waals surface area contributed by atoms with Crippen LogP contribution in [0, 0.1) is 0 Å². The van der Waals surface area contributed by atoms with Crippen molar-refractivity contribution in [2.45, 2.75) is 39.2 Å². The number of thiazole rings is 1. The van der Waals surface area contributed by atoms with E-state index in [1.165, 1.54) is 0 Å². The third-order valence-electron chi connectivity index (χ3n) is 1.52. The number of hydrogen-bond acceptors (Lipinski definition) is 4. The molecule has 0 spiro atoms. The summed E-state index contributed by atoms with van der Waals surface area (Å²) in [5.74, 6) is -0.160. The zero-order valence-corrected chi connectivity index (χ0v) is 11.4. The fourth-order valence-electron chi connectivity index (χ4n) is 1.02. The van der Waals surface area contributed by atoms with Crippen LogP contribution in [-0.2, 0) is 16.0 Å². The van der Waals surface area contributed by atoms with Crippen molar-refractivity contribution in [1.82, 2.24) is 4.98 Å². The number of nitrogens with zero attached hydrogens (tertiary/aromatic N) is 1. The molecule has 0 saturated heterocycles. The van der Waals surface area contributed by atoms with Crippen molar-refractivity contribution in [1.29, 1.82) is 0 Å². The van der Waals surface area contributed by atoms with E-state index in [2.05, 4.69) is 20.9 Å². The van der Waals surface area contributed by atoms with Crippen LogP contribution in [0.5, 0.6) is 0 Å². The lowest BCUT2D eigenvalue weighted by molar-refractivity contribution is -0.154. The van der Waals surface area contributed by atoms with Gasteiger partial charge in [0.15, 0.2) is 3.92 Å². The molecule has 0 aromatic carbocycles. The predicted molar refractivity (Wildman–Crippen MR) is 64.0 cm³/mol. The Bertz CT molecular complexity index is 343. The number of halogens is 1. The summed E-state index contributed by atoms with van der Waals surface area (Å²) in [6.45, 7) is 5.61. The number of rotatable bonds is 3. The summed E-state index contributed by atoms with van der Waals surface area (Å²) in [6, 6.07) is 0. The second-order valence-corrected chi connectivity index (χ2v) is 6.56. The van der Waals surface area contributed by atoms with Crippen LogP contribution in [0.15, 0.2) is 10.1 Å². The molecule has 84 valence electrons. The zero-order chi connectivity index (χ0) is 11.5. The molecular formula is C10H14BrNO2S. The molecule has 0 radical (unpaired) electrons. The van der Waals surface area contributed by atoms with Crippen LogP contribution >= 0.6 is 27.3 Å². The minimum atomic E-state index is -0.397. The van der Waals surface area contributed by atoms with Gasteiger partial charge < -0.3 is 4.74 Å². The highest BCUT2D eigenvalue weighted by Crippen LogP contribution is 2.20. The normalized spacial score (nSPS) is 11.5. The van der Waals surface area contributed by atoms with Crippen molar-refractivity contribution >= 4 is 33.2 Å². The Balaban J connectivity index is 2.35. The molecule has 3 nitrogen and oxygen atoms in total. The molecule has 0 aliphatic rings. The minimum Gasteiger partial charge on any atom is -0.460 e. The average Bonchev–Trinajstić information content (AvgIpc) is 2.45. The first-order valence-electron chi connectivity index (χ1n) is 4.69. The number of esters is 1. The van der Waals surface area contributed by atoms with Gasteiger partial charge in [0.2, 0.25) is 0 Å². The van der Waals surface area contributed by atoms with E-state index >= 15 is 0 Å². The van der Waals surface area contributed by atoms with Gasteiger partial charge in [-0.15, -0.1) is 11.3 Å². The van der Waals surface area contributed by atoms with Gasteiger partial charge in [0.05, 0.1) is 6.42 Å². The average molecular weight is 292 g/mol. The van der Waals surface area contributed by atoms with Crippen molar-refractivity contribution in [2.24, 2.45) is 0 Å². The molecule has 0 atom stereocenters. The molecule has 15 heavy (non-hydrogen) atoms. The van der Waals surface area contributed by atoms with E-state index in [9.17, 15) is 4.79 Å². The van der Waals surface area contributed by atoms with Crippen LogP contribution in [0.2, 0.25) is 0 Å². The van der Waals surface area contributed by atoms with Crippen molar-refractivity contribution < 1.29 is 9.53 Å². The summed E-state index contributed by atoms with van der Waals surface area (Å²) in [4.78, 5) is 16.5. The maximum atomic E-state index is 11.4. The zero-order valence-electron chi connectivity index (χ0n) is 9.04. The summed E-state index contributed by atoms with van der Waals surface area (Å²) >= 11 is 4.82. The molecule has 1 aromatic rings. The number of carbonyl (C=O) groups excluding carboxylic acids is 1. The smallest absolute Gasteiger partial charge is 0.306 e. The molecule has 0 aliphatic carbocycles. The Morgan fingerprint density at radius 3 is 2.73 bits per heavy atom. The quantitative estimate of drug-likeness (QED) is 0.803. The standard InChI is InChI=1S/C10H14BrNO2S/c1-10(2,3)14-8(13)5-4-7-6-12-9(11)15-7/h6H,4-5H2,1-3H3. The number of ether oxygens (including phenoxy) is 1. The molecular weight excluding hydrogens is 278 g/mol. The summed E-state index contributed by atoms with van der Waals surface area (Å²) < 4.78 is 6.05. The second kappa shape index (κ2) is 5.07. The number of aryl methyl sites for hydroxylation is 1. The summed E-state index contributed by atoms with van der Waals surface area (Å²) in [6.07, 6.45) is 2.88. The first-order chi connectivity index (χ1) is 6.87. The number of carbonyl (C=O) groups is 1. The lowest BCUT2D eigenvalue weighted by Gasteiger charge is -2.19. The van der Waals surface area contributed by atoms with Crippen molar-refractivity contribution in [3.63, 3.8) is 0 Å². The van der Waals surface area contributed by atoms with Crippen molar-refractivity contribution in [3.8, 4) is 0 Å². The van der Waals surface area contributed by atoms with Gasteiger partial charge in [-0.1, -0.05) is 0 Å². The first-order valence-corrected chi connectivity index (χ1v) is 6.30. The Kier molecular flexibility index (Phi) is 4.28. The highest BCUT2D eigenvalue weighted by molar-refractivity contribution is 9.11. The predicted octanol–water partition coefficient (Wildman–Crippen LogP) is 3.18. The van der Waals surface area contributed by atoms with Gasteiger partial charge in [-0.3, -0.25) is 4.79 Å². The summed E-state index contributed by atoms with van der Waals surface area (Å²) in [5.41, 5.74) is -0.397. The van der Waals surface area contributed by atoms with Crippen LogP contribution in [-0.4, -0.2) is 16.6 Å². The van der Waals surface area contributed by atoms with E-state index in [4.69, 9.17) is 4.74 Å². The van der Waals surface area contributed by atoms with Crippen molar-refractivity contribution in [2.75, 3.05) is 0 Å². The van der Waals surface area contributed by atoms with Crippen LogP contribution in [0.3, 0.4) is 0 Å². The molecule has 0 aliphatic heterocycles. The third kappa shape index (κ3) is 5.28. The molecule has 0 amide bonds. The second-order valence-electron chi connectivity index (χ2n) is 4.17. The molecule has 5 heteroatoms. The van der Waals surface area contributed by atoms with Crippen LogP contribution in [0.4, 0.5) is 0 Å². The molecule has 1 heterocycles. The van der Waals surface area contributed by atoms with Gasteiger partial charge in [-0.25, -0.2) is 4.98 Å². The monoisotopic (exact) mass is 291 g/mol. The highest BCUT2D eigenvalue weighted by atomic mass is 79.9. The van der Waals surface area contributed by atoms with E-state index in [1.54, 1.807) is 17.5 Å². The fourth-order valence-corrected chi connectivity index (χ4v) is 2.37. The van der Waals surface area contributed by atoms with Gasteiger partial charge in [-0.2, -0.15) is 0 Å². The summed E-state index contributed by atoms with van der Waals surface area (Å²) in [7, 11) is 0. The molecule has 0 unspecified atom stereocenters. The SMILES string of the molecule is CC(C)(C)OC(=O)CCc1cnc(Br)s1. The van der Waals surface area contributed by atoms with Crippen LogP contribution in [0.25, 0.3) is 0 Å². The van der Waals surface area contributed by atoms with Crippen LogP contribution in [0.1, 0.15) is 32.1 Å². The Morgan fingerprint density at radius 1 is 1.60 bits per heavy atom. The van der Waals surface area contributed by atoms with Gasteiger partial charge in [0.25, 0.3) is 0 Å². The van der Waals surface area contributed by atoms with Gasteiger partial charge in [-0.05, 0) is 43.1 Å². The molecule has 0 saturated carbocycles. The maximum Gasteiger partial charge on any atom is 0.306 e. The van der Waals surface area contributed by atoms with Gasteiger partial charge >= 0.3 is 5.97 Å². The number of hydrogen-bond donors (Lipinski definition) is 0. The molecule has 0 fully saturated rings. The van der Waals surface area contributed by atoms with Crippen molar-refractivity contribution in [3.05, 3.63) is 15.0 Å². The number of aromatic nitrogens is 1. The van der Waals surface area contributed by atoms with E-state index in [-0.39, 0.29) is 5.97 Å². The van der Waals surface area contributed by atoms with Gasteiger partial charge in [0, 0.05) is 11.1 Å². The molecule has 0 bridgehead atoms.